The number of ether oxygens (including phenoxy) is 3. The van der Waals surface area contributed by atoms with Crippen molar-refractivity contribution in [2.75, 3.05) is 6.61 Å². The highest BCUT2D eigenvalue weighted by Gasteiger charge is 2.59. The number of hydrogen-bond donors (Lipinski definition) is 1. The molecule has 246 valence electrons. The maximum Gasteiger partial charge on any atom is 0.445 e. The van der Waals surface area contributed by atoms with Gasteiger partial charge < -0.3 is 14.2 Å². The zero-order valence-electron chi connectivity index (χ0n) is 22.2. The van der Waals surface area contributed by atoms with Crippen molar-refractivity contribution in [1.82, 2.24) is 0 Å². The van der Waals surface area contributed by atoms with Gasteiger partial charge in [-0.1, -0.05) is 0 Å². The van der Waals surface area contributed by atoms with Gasteiger partial charge in [-0.3, -0.25) is 0 Å². The molecule has 0 aromatic heterocycles. The van der Waals surface area contributed by atoms with Gasteiger partial charge >= 0.3 is 12.3 Å². The fourth-order valence-corrected chi connectivity index (χ4v) is 7.28. The van der Waals surface area contributed by atoms with Crippen LogP contribution >= 0.6 is 12.6 Å². The molecule has 0 radical (unpaired) electrons. The van der Waals surface area contributed by atoms with Gasteiger partial charge in [0.1, 0.15) is 49.1 Å². The van der Waals surface area contributed by atoms with Crippen LogP contribution in [-0.2, 0) is 14.2 Å². The summed E-state index contributed by atoms with van der Waals surface area (Å²) in [4.78, 5) is 0. The third-order valence-electron chi connectivity index (χ3n) is 9.02. The smallest absolute Gasteiger partial charge is 0.377 e. The molecule has 9 atom stereocenters. The summed E-state index contributed by atoms with van der Waals surface area (Å²) in [7, 11) is 0. The Morgan fingerprint density at radius 2 is 1.21 bits per heavy atom. The van der Waals surface area contributed by atoms with Gasteiger partial charge in [0.05, 0.1) is 18.8 Å². The fraction of sp³-hybridized carbons (Fsp3) is 1.00. The van der Waals surface area contributed by atoms with Crippen molar-refractivity contribution in [2.45, 2.75) is 131 Å². The molecule has 0 bridgehead atoms. The molecule has 4 fully saturated rings. The maximum absolute atomic E-state index is 15.2. The van der Waals surface area contributed by atoms with Crippen molar-refractivity contribution in [3.63, 3.8) is 0 Å². The lowest BCUT2D eigenvalue weighted by Gasteiger charge is -2.46. The summed E-state index contributed by atoms with van der Waals surface area (Å²) >= 11 is 4.31. The fourth-order valence-electron chi connectivity index (χ4n) is 7.05. The van der Waals surface area contributed by atoms with E-state index in [4.69, 9.17) is 4.74 Å². The van der Waals surface area contributed by atoms with Crippen LogP contribution in [0.3, 0.4) is 0 Å². The Balaban J connectivity index is 1.33. The summed E-state index contributed by atoms with van der Waals surface area (Å²) in [5.74, 6) is -5.86. The summed E-state index contributed by atoms with van der Waals surface area (Å²) in [6.45, 7) is 0.332. The molecule has 1 saturated heterocycles. The van der Waals surface area contributed by atoms with Crippen molar-refractivity contribution >= 4 is 12.6 Å². The van der Waals surface area contributed by atoms with E-state index in [-0.39, 0.29) is 24.2 Å². The Kier molecular flexibility index (Phi) is 10.9. The number of rotatable bonds is 7. The van der Waals surface area contributed by atoms with E-state index in [1.54, 1.807) is 0 Å². The van der Waals surface area contributed by atoms with Gasteiger partial charge in [-0.2, -0.15) is 34.6 Å². The molecule has 1 aliphatic heterocycles. The first-order chi connectivity index (χ1) is 19.5. The van der Waals surface area contributed by atoms with Crippen molar-refractivity contribution < 1.29 is 66.9 Å². The first kappa shape index (κ1) is 34.3. The summed E-state index contributed by atoms with van der Waals surface area (Å²) in [6.07, 6.45) is -36.2. The molecule has 16 heteroatoms. The van der Waals surface area contributed by atoms with Gasteiger partial charge in [-0.25, -0.2) is 30.7 Å². The minimum Gasteiger partial charge on any atom is -0.377 e. The van der Waals surface area contributed by atoms with E-state index in [2.05, 4.69) is 22.1 Å². The van der Waals surface area contributed by atoms with E-state index in [1.807, 2.05) is 0 Å². The number of alkyl halides is 12. The molecule has 4 aliphatic rings. The van der Waals surface area contributed by atoms with E-state index in [0.717, 1.165) is 0 Å². The van der Waals surface area contributed by atoms with Crippen LogP contribution in [0.4, 0.5) is 52.7 Å². The molecule has 3 saturated carbocycles. The number of hydrogen-bond acceptors (Lipinski definition) is 4. The predicted octanol–water partition coefficient (Wildman–Crippen LogP) is 7.56. The molecule has 9 unspecified atom stereocenters. The van der Waals surface area contributed by atoms with Crippen LogP contribution in [-0.4, -0.2) is 85.8 Å². The van der Waals surface area contributed by atoms with E-state index in [1.165, 1.54) is 0 Å². The molecule has 3 nitrogen and oxygen atoms in total. The number of halogens is 12. The van der Waals surface area contributed by atoms with Crippen LogP contribution in [0, 0.1) is 23.7 Å². The Bertz CT molecular complexity index is 842. The Labute approximate surface area is 240 Å². The second kappa shape index (κ2) is 13.4. The Hall–Kier alpha value is -0.610. The molecule has 42 heavy (non-hydrogen) atoms. The Morgan fingerprint density at radius 3 is 1.69 bits per heavy atom. The molecule has 1 heterocycles. The summed E-state index contributed by atoms with van der Waals surface area (Å²) in [6, 6.07) is 0. The molecule has 0 aromatic carbocycles. The molecular weight excluding hydrogens is 620 g/mol. The van der Waals surface area contributed by atoms with E-state index in [0.29, 0.717) is 19.4 Å². The van der Waals surface area contributed by atoms with Gasteiger partial charge in [-0.15, -0.1) is 0 Å². The predicted molar refractivity (Wildman–Crippen MR) is 128 cm³/mol. The van der Waals surface area contributed by atoms with Crippen LogP contribution in [0.5, 0.6) is 0 Å². The van der Waals surface area contributed by atoms with Crippen molar-refractivity contribution in [3.8, 4) is 0 Å². The second-order valence-corrected chi connectivity index (χ2v) is 12.7. The molecule has 0 spiro atoms. The van der Waals surface area contributed by atoms with Gasteiger partial charge in [0.15, 0.2) is 0 Å². The highest BCUT2D eigenvalue weighted by Crippen LogP contribution is 2.50. The number of thiol groups is 1. The maximum atomic E-state index is 15.2. The highest BCUT2D eigenvalue weighted by molar-refractivity contribution is 7.81. The average Bonchev–Trinajstić information content (AvgIpc) is 2.84. The summed E-state index contributed by atoms with van der Waals surface area (Å²) < 4.78 is 183. The zero-order valence-corrected chi connectivity index (χ0v) is 23.1. The molecule has 0 aromatic rings. The first-order valence-electron chi connectivity index (χ1n) is 14.0. The lowest BCUT2D eigenvalue weighted by molar-refractivity contribution is -0.330. The minimum atomic E-state index is -5.57. The Morgan fingerprint density at radius 1 is 0.690 bits per heavy atom. The monoisotopic (exact) mass is 654 g/mol. The second-order valence-electron chi connectivity index (χ2n) is 12.0. The average molecular weight is 655 g/mol. The standard InChI is InChI=1S/C26H34F12O3S/c27-14-3-10(20-2-1-13(42)9-39-20)4-15(28)21(14)11-5-16(29)22(17(30)6-11)26(37,38)41-12-7-18(31)23(19(32)8-12)40-24(33)25(34,35)36/h10-24,42H,1-9H2. The van der Waals surface area contributed by atoms with Crippen LogP contribution in [0.2, 0.25) is 0 Å². The van der Waals surface area contributed by atoms with Gasteiger partial charge in [0, 0.05) is 24.0 Å². The highest BCUT2D eigenvalue weighted by atomic mass is 32.1. The molecule has 3 aliphatic carbocycles. The lowest BCUT2D eigenvalue weighted by atomic mass is 9.65. The van der Waals surface area contributed by atoms with Gasteiger partial charge in [-0.05, 0) is 50.4 Å². The molecule has 0 amide bonds. The lowest BCUT2D eigenvalue weighted by Crippen LogP contribution is -2.54. The SMILES string of the molecule is FC1CC(OC(F)(F)C2C(F)CC(C3C(F)CC(C4CCC(S)CO4)CC3F)CC2F)CC(F)C1OC(F)C(F)(F)F. The minimum absolute atomic E-state index is 0.0217. The normalized spacial score (nSPS) is 46.8. The van der Waals surface area contributed by atoms with E-state index >= 15 is 17.6 Å². The largest absolute Gasteiger partial charge is 0.445 e. The van der Waals surface area contributed by atoms with Crippen molar-refractivity contribution in [1.29, 1.82) is 0 Å². The molecular formula is C26H34F12O3S. The summed E-state index contributed by atoms with van der Waals surface area (Å²) in [5.41, 5.74) is 0. The third kappa shape index (κ3) is 7.78. The van der Waals surface area contributed by atoms with Crippen LogP contribution < -0.4 is 0 Å². The van der Waals surface area contributed by atoms with Crippen LogP contribution in [0.1, 0.15) is 51.4 Å². The van der Waals surface area contributed by atoms with Crippen molar-refractivity contribution in [3.05, 3.63) is 0 Å². The van der Waals surface area contributed by atoms with Crippen LogP contribution in [0.15, 0.2) is 0 Å². The van der Waals surface area contributed by atoms with E-state index < -0.39 is 117 Å². The van der Waals surface area contributed by atoms with Gasteiger partial charge in [0.2, 0.25) is 0 Å². The topological polar surface area (TPSA) is 27.7 Å². The quantitative estimate of drug-likeness (QED) is 0.227. The van der Waals surface area contributed by atoms with Crippen LogP contribution in [0.25, 0.3) is 0 Å². The first-order valence-corrected chi connectivity index (χ1v) is 14.6. The molecule has 4 rings (SSSR count). The molecule has 0 N–H and O–H groups in total. The van der Waals surface area contributed by atoms with Crippen molar-refractivity contribution in [2.24, 2.45) is 23.7 Å². The van der Waals surface area contributed by atoms with Gasteiger partial charge in [0.25, 0.3) is 6.36 Å². The summed E-state index contributed by atoms with van der Waals surface area (Å²) in [5, 5.41) is 0.0217. The third-order valence-corrected chi connectivity index (χ3v) is 9.43. The van der Waals surface area contributed by atoms with E-state index in [9.17, 15) is 35.1 Å². The zero-order chi connectivity index (χ0) is 31.1.